The molecule has 106 valence electrons. The predicted octanol–water partition coefficient (Wildman–Crippen LogP) is 1.92. The van der Waals surface area contributed by atoms with Gasteiger partial charge in [0.25, 0.3) is 0 Å². The molecule has 1 heterocycles. The van der Waals surface area contributed by atoms with Crippen LogP contribution in [-0.4, -0.2) is 25.0 Å². The van der Waals surface area contributed by atoms with Crippen molar-refractivity contribution >= 4 is 11.9 Å². The predicted molar refractivity (Wildman–Crippen MR) is 70.4 cm³/mol. The molecule has 0 aliphatic heterocycles. The summed E-state index contributed by atoms with van der Waals surface area (Å²) in [6.45, 7) is 3.98. The number of carbonyl (C=O) groups excluding carboxylic acids is 2. The fraction of sp³-hybridized carbons (Fsp3) is 0.571. The summed E-state index contributed by atoms with van der Waals surface area (Å²) in [6.07, 6.45) is 2.95. The average Bonchev–Trinajstić information content (AvgIpc) is 2.87. The second kappa shape index (κ2) is 7.61. The molecule has 0 saturated heterocycles. The van der Waals surface area contributed by atoms with Gasteiger partial charge in [0.2, 0.25) is 5.91 Å². The first-order valence-corrected chi connectivity index (χ1v) is 6.42. The summed E-state index contributed by atoms with van der Waals surface area (Å²) in [5.41, 5.74) is 0. The van der Waals surface area contributed by atoms with Crippen molar-refractivity contribution in [3.05, 3.63) is 24.2 Å². The Balaban J connectivity index is 2.44. The molecule has 0 saturated carbocycles. The molecule has 1 atom stereocenters. The van der Waals surface area contributed by atoms with Crippen molar-refractivity contribution in [2.24, 2.45) is 5.92 Å². The Morgan fingerprint density at radius 2 is 2.16 bits per heavy atom. The van der Waals surface area contributed by atoms with Crippen LogP contribution in [-0.2, 0) is 20.7 Å². The van der Waals surface area contributed by atoms with E-state index in [0.717, 1.165) is 5.76 Å². The van der Waals surface area contributed by atoms with Gasteiger partial charge in [0.1, 0.15) is 11.8 Å². The second-order valence-corrected chi connectivity index (χ2v) is 4.85. The first-order valence-electron chi connectivity index (χ1n) is 6.42. The SMILES string of the molecule is COC(=O)[C@H](CC(C)C)NC(=O)CCc1ccco1. The number of nitrogens with one attached hydrogen (secondary N) is 1. The van der Waals surface area contributed by atoms with Gasteiger partial charge in [-0.15, -0.1) is 0 Å². The molecule has 0 spiro atoms. The largest absolute Gasteiger partial charge is 0.469 e. The highest BCUT2D eigenvalue weighted by Crippen LogP contribution is 2.08. The maximum atomic E-state index is 11.8. The topological polar surface area (TPSA) is 68.5 Å². The van der Waals surface area contributed by atoms with Crippen molar-refractivity contribution in [3.63, 3.8) is 0 Å². The summed E-state index contributed by atoms with van der Waals surface area (Å²) in [7, 11) is 1.32. The second-order valence-electron chi connectivity index (χ2n) is 4.85. The zero-order valence-corrected chi connectivity index (χ0v) is 11.6. The summed E-state index contributed by atoms with van der Waals surface area (Å²) in [5.74, 6) is 0.482. The molecule has 0 bridgehead atoms. The van der Waals surface area contributed by atoms with E-state index in [1.165, 1.54) is 7.11 Å². The lowest BCUT2D eigenvalue weighted by Crippen LogP contribution is -2.42. The zero-order valence-electron chi connectivity index (χ0n) is 11.6. The summed E-state index contributed by atoms with van der Waals surface area (Å²) in [4.78, 5) is 23.4. The summed E-state index contributed by atoms with van der Waals surface area (Å²) in [5, 5.41) is 2.71. The molecule has 5 nitrogen and oxygen atoms in total. The fourth-order valence-corrected chi connectivity index (χ4v) is 1.79. The van der Waals surface area contributed by atoms with E-state index >= 15 is 0 Å². The number of hydrogen-bond donors (Lipinski definition) is 1. The van der Waals surface area contributed by atoms with Crippen LogP contribution >= 0.6 is 0 Å². The molecular formula is C14H21NO4. The third kappa shape index (κ3) is 5.59. The van der Waals surface area contributed by atoms with Crippen molar-refractivity contribution in [2.45, 2.75) is 39.2 Å². The number of furan rings is 1. The lowest BCUT2D eigenvalue weighted by Gasteiger charge is -2.18. The van der Waals surface area contributed by atoms with Gasteiger partial charge in [-0.3, -0.25) is 4.79 Å². The molecule has 1 N–H and O–H groups in total. The number of amides is 1. The monoisotopic (exact) mass is 267 g/mol. The number of ether oxygens (including phenoxy) is 1. The first kappa shape index (κ1) is 15.3. The summed E-state index contributed by atoms with van der Waals surface area (Å²) in [6, 6.07) is 3.02. The fourth-order valence-electron chi connectivity index (χ4n) is 1.79. The number of hydrogen-bond acceptors (Lipinski definition) is 4. The Morgan fingerprint density at radius 1 is 1.42 bits per heavy atom. The smallest absolute Gasteiger partial charge is 0.328 e. The first-order chi connectivity index (χ1) is 9.02. The van der Waals surface area contributed by atoms with E-state index in [2.05, 4.69) is 5.32 Å². The van der Waals surface area contributed by atoms with Crippen LogP contribution in [0, 0.1) is 5.92 Å². The highest BCUT2D eigenvalue weighted by Gasteiger charge is 2.22. The van der Waals surface area contributed by atoms with Gasteiger partial charge in [-0.2, -0.15) is 0 Å². The van der Waals surface area contributed by atoms with Gasteiger partial charge in [-0.1, -0.05) is 13.8 Å². The quantitative estimate of drug-likeness (QED) is 0.766. The Hall–Kier alpha value is -1.78. The summed E-state index contributed by atoms with van der Waals surface area (Å²) >= 11 is 0. The molecule has 0 radical (unpaired) electrons. The van der Waals surface area contributed by atoms with Gasteiger partial charge in [0, 0.05) is 12.8 Å². The number of methoxy groups -OCH3 is 1. The normalized spacial score (nSPS) is 12.2. The maximum absolute atomic E-state index is 11.8. The molecule has 1 aromatic rings. The minimum Gasteiger partial charge on any atom is -0.469 e. The van der Waals surface area contributed by atoms with E-state index in [1.807, 2.05) is 19.9 Å². The molecule has 1 amide bonds. The van der Waals surface area contributed by atoms with Crippen LogP contribution in [0.15, 0.2) is 22.8 Å². The van der Waals surface area contributed by atoms with E-state index in [1.54, 1.807) is 12.3 Å². The molecule has 0 aliphatic rings. The van der Waals surface area contributed by atoms with Crippen molar-refractivity contribution < 1.29 is 18.7 Å². The molecule has 0 unspecified atom stereocenters. The van der Waals surface area contributed by atoms with Gasteiger partial charge in [0.05, 0.1) is 13.4 Å². The molecule has 5 heteroatoms. The van der Waals surface area contributed by atoms with Gasteiger partial charge >= 0.3 is 5.97 Å². The van der Waals surface area contributed by atoms with E-state index < -0.39 is 12.0 Å². The highest BCUT2D eigenvalue weighted by atomic mass is 16.5. The molecule has 0 aromatic carbocycles. The van der Waals surface area contributed by atoms with Crippen LogP contribution in [0.1, 0.15) is 32.4 Å². The Labute approximate surface area is 113 Å². The number of esters is 1. The number of carbonyl (C=O) groups is 2. The molecule has 0 fully saturated rings. The van der Waals surface area contributed by atoms with Crippen molar-refractivity contribution in [1.82, 2.24) is 5.32 Å². The van der Waals surface area contributed by atoms with Crippen molar-refractivity contribution in [1.29, 1.82) is 0 Å². The van der Waals surface area contributed by atoms with Crippen molar-refractivity contribution in [3.8, 4) is 0 Å². The highest BCUT2D eigenvalue weighted by molar-refractivity contribution is 5.84. The lowest BCUT2D eigenvalue weighted by molar-refractivity contribution is -0.145. The van der Waals surface area contributed by atoms with Gasteiger partial charge in [-0.05, 0) is 24.5 Å². The van der Waals surface area contributed by atoms with E-state index in [0.29, 0.717) is 25.2 Å². The maximum Gasteiger partial charge on any atom is 0.328 e. The van der Waals surface area contributed by atoms with Crippen LogP contribution in [0.3, 0.4) is 0 Å². The standard InChI is InChI=1S/C14H21NO4/c1-10(2)9-12(14(17)18-3)15-13(16)7-6-11-5-4-8-19-11/h4-5,8,10,12H,6-7,9H2,1-3H3,(H,15,16)/t12-/m0/s1. The van der Waals surface area contributed by atoms with Gasteiger partial charge < -0.3 is 14.5 Å². The lowest BCUT2D eigenvalue weighted by atomic mass is 10.0. The Kier molecular flexibility index (Phi) is 6.12. The summed E-state index contributed by atoms with van der Waals surface area (Å²) < 4.78 is 9.84. The third-order valence-electron chi connectivity index (χ3n) is 2.71. The van der Waals surface area contributed by atoms with Gasteiger partial charge in [0.15, 0.2) is 0 Å². The van der Waals surface area contributed by atoms with E-state index in [-0.39, 0.29) is 5.91 Å². The average molecular weight is 267 g/mol. The van der Waals surface area contributed by atoms with Gasteiger partial charge in [-0.25, -0.2) is 4.79 Å². The molecule has 0 aliphatic carbocycles. The Morgan fingerprint density at radius 3 is 2.68 bits per heavy atom. The van der Waals surface area contributed by atoms with Crippen LogP contribution in [0.4, 0.5) is 0 Å². The van der Waals surface area contributed by atoms with Crippen LogP contribution < -0.4 is 5.32 Å². The van der Waals surface area contributed by atoms with E-state index in [4.69, 9.17) is 9.15 Å². The van der Waals surface area contributed by atoms with Crippen LogP contribution in [0.5, 0.6) is 0 Å². The molecular weight excluding hydrogens is 246 g/mol. The van der Waals surface area contributed by atoms with Crippen LogP contribution in [0.25, 0.3) is 0 Å². The molecule has 1 rings (SSSR count). The van der Waals surface area contributed by atoms with Crippen molar-refractivity contribution in [2.75, 3.05) is 7.11 Å². The van der Waals surface area contributed by atoms with E-state index in [9.17, 15) is 9.59 Å². The zero-order chi connectivity index (χ0) is 14.3. The Bertz CT molecular complexity index is 398. The molecule has 19 heavy (non-hydrogen) atoms. The minimum atomic E-state index is -0.575. The number of rotatable bonds is 7. The molecule has 1 aromatic heterocycles. The minimum absolute atomic E-state index is 0.174. The van der Waals surface area contributed by atoms with Crippen LogP contribution in [0.2, 0.25) is 0 Å². The third-order valence-corrected chi connectivity index (χ3v) is 2.71. The number of aryl methyl sites for hydroxylation is 1.